The maximum absolute atomic E-state index is 13.1. The van der Waals surface area contributed by atoms with Crippen LogP contribution in [0.2, 0.25) is 0 Å². The van der Waals surface area contributed by atoms with Crippen molar-refractivity contribution in [2.45, 2.75) is 11.8 Å². The molecule has 1 heterocycles. The van der Waals surface area contributed by atoms with Gasteiger partial charge >= 0.3 is 0 Å². The Balaban J connectivity index is 1.61. The molecule has 0 spiro atoms. The number of thioether (sulfide) groups is 1. The minimum Gasteiger partial charge on any atom is -0.326 e. The van der Waals surface area contributed by atoms with Gasteiger partial charge in [-0.15, -0.1) is 11.8 Å². The summed E-state index contributed by atoms with van der Waals surface area (Å²) in [5.74, 6) is -0.793. The van der Waals surface area contributed by atoms with E-state index in [0.29, 0.717) is 11.4 Å². The number of carbonyl (C=O) groups excluding carboxylic acids is 2. The zero-order valence-electron chi connectivity index (χ0n) is 13.2. The molecule has 1 fully saturated rings. The molecule has 7 heteroatoms. The van der Waals surface area contributed by atoms with Gasteiger partial charge in [0, 0.05) is 18.7 Å². The molecule has 2 amide bonds. The minimum absolute atomic E-state index is 0.0575. The van der Waals surface area contributed by atoms with E-state index in [-0.39, 0.29) is 36.0 Å². The summed E-state index contributed by atoms with van der Waals surface area (Å²) in [7, 11) is 0. The number of amides is 2. The van der Waals surface area contributed by atoms with Crippen LogP contribution >= 0.6 is 11.8 Å². The van der Waals surface area contributed by atoms with Gasteiger partial charge in [0.25, 0.3) is 0 Å². The molecule has 1 aliphatic rings. The van der Waals surface area contributed by atoms with Gasteiger partial charge in [-0.25, -0.2) is 8.78 Å². The quantitative estimate of drug-likeness (QED) is 0.885. The lowest BCUT2D eigenvalue weighted by molar-refractivity contribution is -0.128. The Bertz CT molecular complexity index is 783. The fourth-order valence-electron chi connectivity index (χ4n) is 2.61. The van der Waals surface area contributed by atoms with Crippen LogP contribution in [0.5, 0.6) is 0 Å². The first-order valence-corrected chi connectivity index (χ1v) is 8.80. The third kappa shape index (κ3) is 4.36. The molecule has 2 aromatic carbocycles. The standard InChI is InChI=1S/C18H16F2N2O2S/c19-13-6-4-12(5-7-13)18-22(17(24)11-25-18)9-8-16(23)21-15-3-1-2-14(20)10-15/h1-7,10,18H,8-9,11H2,(H,21,23). The molecular weight excluding hydrogens is 346 g/mol. The Morgan fingerprint density at radius 3 is 2.64 bits per heavy atom. The summed E-state index contributed by atoms with van der Waals surface area (Å²) in [6, 6.07) is 11.6. The molecule has 1 atom stereocenters. The number of rotatable bonds is 5. The average molecular weight is 362 g/mol. The second kappa shape index (κ2) is 7.65. The van der Waals surface area contributed by atoms with E-state index >= 15 is 0 Å². The predicted octanol–water partition coefficient (Wildman–Crippen LogP) is 3.57. The average Bonchev–Trinajstić information content (AvgIpc) is 2.94. The van der Waals surface area contributed by atoms with Gasteiger partial charge in [-0.3, -0.25) is 9.59 Å². The Labute approximate surface area is 148 Å². The summed E-state index contributed by atoms with van der Waals surface area (Å²) in [5.41, 5.74) is 1.20. The second-order valence-corrected chi connectivity index (χ2v) is 6.68. The van der Waals surface area contributed by atoms with Crippen molar-refractivity contribution in [3.8, 4) is 0 Å². The van der Waals surface area contributed by atoms with Crippen LogP contribution in [-0.2, 0) is 9.59 Å². The molecule has 1 N–H and O–H groups in total. The van der Waals surface area contributed by atoms with Crippen LogP contribution in [0.4, 0.5) is 14.5 Å². The van der Waals surface area contributed by atoms with Crippen LogP contribution in [0.25, 0.3) is 0 Å². The summed E-state index contributed by atoms with van der Waals surface area (Å²) < 4.78 is 26.2. The number of carbonyl (C=O) groups is 2. The van der Waals surface area contributed by atoms with E-state index in [0.717, 1.165) is 5.56 Å². The van der Waals surface area contributed by atoms with E-state index in [2.05, 4.69) is 5.32 Å². The lowest BCUT2D eigenvalue weighted by Crippen LogP contribution is -2.31. The van der Waals surface area contributed by atoms with E-state index in [4.69, 9.17) is 0 Å². The van der Waals surface area contributed by atoms with Crippen molar-refractivity contribution in [3.63, 3.8) is 0 Å². The molecule has 0 radical (unpaired) electrons. The largest absolute Gasteiger partial charge is 0.326 e. The summed E-state index contributed by atoms with van der Waals surface area (Å²) in [5, 5.41) is 2.38. The van der Waals surface area contributed by atoms with Crippen LogP contribution in [0.15, 0.2) is 48.5 Å². The topological polar surface area (TPSA) is 49.4 Å². The normalized spacial score (nSPS) is 17.0. The van der Waals surface area contributed by atoms with Crippen molar-refractivity contribution in [3.05, 3.63) is 65.7 Å². The van der Waals surface area contributed by atoms with E-state index in [1.807, 2.05) is 0 Å². The van der Waals surface area contributed by atoms with Gasteiger partial charge in [-0.2, -0.15) is 0 Å². The predicted molar refractivity (Wildman–Crippen MR) is 93.0 cm³/mol. The number of halogens is 2. The van der Waals surface area contributed by atoms with Crippen molar-refractivity contribution in [2.75, 3.05) is 17.6 Å². The molecule has 130 valence electrons. The van der Waals surface area contributed by atoms with Crippen molar-refractivity contribution >= 4 is 29.3 Å². The first kappa shape index (κ1) is 17.4. The van der Waals surface area contributed by atoms with Gasteiger partial charge in [0.15, 0.2) is 0 Å². The summed E-state index contributed by atoms with van der Waals surface area (Å²) >= 11 is 1.45. The summed E-state index contributed by atoms with van der Waals surface area (Å²) in [6.45, 7) is 0.245. The van der Waals surface area contributed by atoms with Crippen molar-refractivity contribution in [1.29, 1.82) is 0 Å². The Kier molecular flexibility index (Phi) is 5.33. The lowest BCUT2D eigenvalue weighted by Gasteiger charge is -2.24. The van der Waals surface area contributed by atoms with E-state index in [9.17, 15) is 18.4 Å². The highest BCUT2D eigenvalue weighted by Crippen LogP contribution is 2.38. The van der Waals surface area contributed by atoms with Crippen LogP contribution < -0.4 is 5.32 Å². The first-order chi connectivity index (χ1) is 12.0. The maximum Gasteiger partial charge on any atom is 0.233 e. The van der Waals surface area contributed by atoms with Gasteiger partial charge in [-0.1, -0.05) is 18.2 Å². The third-order valence-corrected chi connectivity index (χ3v) is 5.07. The fraction of sp³-hybridized carbons (Fsp3) is 0.222. The fourth-order valence-corrected chi connectivity index (χ4v) is 3.83. The van der Waals surface area contributed by atoms with Gasteiger partial charge in [-0.05, 0) is 35.9 Å². The zero-order valence-corrected chi connectivity index (χ0v) is 14.1. The summed E-state index contributed by atoms with van der Waals surface area (Å²) in [6.07, 6.45) is 0.0977. The van der Waals surface area contributed by atoms with E-state index < -0.39 is 5.82 Å². The van der Waals surface area contributed by atoms with Crippen LogP contribution in [0.1, 0.15) is 17.4 Å². The first-order valence-electron chi connectivity index (χ1n) is 7.75. The highest BCUT2D eigenvalue weighted by molar-refractivity contribution is 8.00. The molecule has 2 aromatic rings. The van der Waals surface area contributed by atoms with Crippen molar-refractivity contribution in [2.24, 2.45) is 0 Å². The Morgan fingerprint density at radius 2 is 1.92 bits per heavy atom. The number of hydrogen-bond donors (Lipinski definition) is 1. The van der Waals surface area contributed by atoms with Gasteiger partial charge in [0.05, 0.1) is 5.75 Å². The second-order valence-electron chi connectivity index (χ2n) is 5.61. The molecule has 0 bridgehead atoms. The van der Waals surface area contributed by atoms with Gasteiger partial charge in [0.2, 0.25) is 11.8 Å². The van der Waals surface area contributed by atoms with Gasteiger partial charge < -0.3 is 10.2 Å². The van der Waals surface area contributed by atoms with Crippen LogP contribution in [0.3, 0.4) is 0 Å². The SMILES string of the molecule is O=C(CCN1C(=O)CSC1c1ccc(F)cc1)Nc1cccc(F)c1. The molecule has 1 unspecified atom stereocenters. The molecule has 1 aliphatic heterocycles. The molecule has 0 saturated carbocycles. The van der Waals surface area contributed by atoms with Crippen molar-refractivity contribution in [1.82, 2.24) is 4.90 Å². The molecule has 1 saturated heterocycles. The zero-order chi connectivity index (χ0) is 17.8. The lowest BCUT2D eigenvalue weighted by atomic mass is 10.2. The number of anilines is 1. The van der Waals surface area contributed by atoms with E-state index in [1.165, 1.54) is 42.1 Å². The minimum atomic E-state index is -0.430. The molecule has 4 nitrogen and oxygen atoms in total. The molecule has 0 aromatic heterocycles. The third-order valence-electron chi connectivity index (χ3n) is 3.81. The number of benzene rings is 2. The molecule has 3 rings (SSSR count). The Morgan fingerprint density at radius 1 is 1.16 bits per heavy atom. The smallest absolute Gasteiger partial charge is 0.233 e. The van der Waals surface area contributed by atoms with Gasteiger partial charge in [0.1, 0.15) is 17.0 Å². The molecule has 0 aliphatic carbocycles. The number of hydrogen-bond acceptors (Lipinski definition) is 3. The molecule has 25 heavy (non-hydrogen) atoms. The Hall–Kier alpha value is -2.41. The number of nitrogens with one attached hydrogen (secondary N) is 1. The number of nitrogens with zero attached hydrogens (tertiary/aromatic N) is 1. The maximum atomic E-state index is 13.1. The van der Waals surface area contributed by atoms with E-state index in [1.54, 1.807) is 23.1 Å². The highest BCUT2D eigenvalue weighted by atomic mass is 32.2. The monoisotopic (exact) mass is 362 g/mol. The van der Waals surface area contributed by atoms with Crippen molar-refractivity contribution < 1.29 is 18.4 Å². The summed E-state index contributed by atoms with van der Waals surface area (Å²) in [4.78, 5) is 25.8. The highest BCUT2D eigenvalue weighted by Gasteiger charge is 2.32. The molecular formula is C18H16F2N2O2S. The van der Waals surface area contributed by atoms with Crippen LogP contribution in [-0.4, -0.2) is 29.0 Å². The van der Waals surface area contributed by atoms with Crippen LogP contribution in [0, 0.1) is 11.6 Å².